The Morgan fingerprint density at radius 3 is 3.44 bits per heavy atom. The highest BCUT2D eigenvalue weighted by molar-refractivity contribution is 8.00. The Morgan fingerprint density at radius 1 is 1.78 bits per heavy atom. The van der Waals surface area contributed by atoms with Crippen LogP contribution in [0.2, 0.25) is 0 Å². The van der Waals surface area contributed by atoms with Crippen molar-refractivity contribution < 1.29 is 4.79 Å². The molecule has 0 aromatic heterocycles. The number of ketones is 1. The second-order valence-electron chi connectivity index (χ2n) is 2.18. The summed E-state index contributed by atoms with van der Waals surface area (Å²) in [6.07, 6.45) is 3.56. The minimum Gasteiger partial charge on any atom is -0.358 e. The first kappa shape index (κ1) is 5.35. The molecule has 2 aliphatic rings. The lowest BCUT2D eigenvalue weighted by atomic mass is 10.4. The molecule has 1 fully saturated rings. The van der Waals surface area contributed by atoms with Crippen LogP contribution in [0.3, 0.4) is 0 Å². The van der Waals surface area contributed by atoms with Crippen molar-refractivity contribution in [3.63, 3.8) is 0 Å². The van der Waals surface area contributed by atoms with E-state index in [1.807, 2.05) is 6.20 Å². The van der Waals surface area contributed by atoms with Crippen molar-refractivity contribution in [2.45, 2.75) is 5.37 Å². The summed E-state index contributed by atoms with van der Waals surface area (Å²) in [6.45, 7) is 1.04. The van der Waals surface area contributed by atoms with Crippen LogP contribution in [0.4, 0.5) is 0 Å². The molecule has 0 bridgehead atoms. The molecule has 2 rings (SSSR count). The lowest BCUT2D eigenvalue weighted by Crippen LogP contribution is -2.22. The number of hydrogen-bond donors (Lipinski definition) is 0. The highest BCUT2D eigenvalue weighted by Crippen LogP contribution is 2.28. The monoisotopic (exact) mass is 141 g/mol. The Kier molecular flexibility index (Phi) is 1.05. The summed E-state index contributed by atoms with van der Waals surface area (Å²) >= 11 is 1.73. The van der Waals surface area contributed by atoms with Crippen LogP contribution in [0.1, 0.15) is 0 Å². The van der Waals surface area contributed by atoms with E-state index in [2.05, 4.69) is 4.90 Å². The van der Waals surface area contributed by atoms with Crippen molar-refractivity contribution in [2.24, 2.45) is 0 Å². The van der Waals surface area contributed by atoms with Gasteiger partial charge in [-0.1, -0.05) is 0 Å². The molecular formula is C6H7NOS. The standard InChI is InChI=1S/C6H7NOS/c8-5-1-2-7-3-4-9-6(5)7/h1-2,6H,3-4H2/t6-/m0/s1. The van der Waals surface area contributed by atoms with Gasteiger partial charge in [0.05, 0.1) is 0 Å². The van der Waals surface area contributed by atoms with Gasteiger partial charge in [-0.05, 0) is 0 Å². The molecule has 2 nitrogen and oxygen atoms in total. The molecule has 0 saturated carbocycles. The van der Waals surface area contributed by atoms with E-state index in [0.29, 0.717) is 0 Å². The third-order valence-corrected chi connectivity index (χ3v) is 2.84. The highest BCUT2D eigenvalue weighted by atomic mass is 32.2. The van der Waals surface area contributed by atoms with E-state index in [0.717, 1.165) is 12.3 Å². The largest absolute Gasteiger partial charge is 0.358 e. The van der Waals surface area contributed by atoms with Crippen LogP contribution >= 0.6 is 11.8 Å². The number of rotatable bonds is 0. The van der Waals surface area contributed by atoms with Gasteiger partial charge < -0.3 is 4.90 Å². The molecule has 3 heteroatoms. The fourth-order valence-corrected chi connectivity index (χ4v) is 2.28. The van der Waals surface area contributed by atoms with Crippen molar-refractivity contribution in [1.82, 2.24) is 4.90 Å². The average molecular weight is 141 g/mol. The van der Waals surface area contributed by atoms with Crippen LogP contribution in [0.5, 0.6) is 0 Å². The molecule has 0 spiro atoms. The van der Waals surface area contributed by atoms with E-state index < -0.39 is 0 Å². The third-order valence-electron chi connectivity index (χ3n) is 1.60. The molecule has 0 amide bonds. The zero-order valence-electron chi connectivity index (χ0n) is 4.91. The van der Waals surface area contributed by atoms with Crippen LogP contribution in [0.15, 0.2) is 12.3 Å². The van der Waals surface area contributed by atoms with Crippen LogP contribution < -0.4 is 0 Å². The first-order chi connectivity index (χ1) is 4.38. The van der Waals surface area contributed by atoms with E-state index >= 15 is 0 Å². The fraction of sp³-hybridized carbons (Fsp3) is 0.500. The summed E-state index contributed by atoms with van der Waals surface area (Å²) in [6, 6.07) is 0. The quantitative estimate of drug-likeness (QED) is 0.488. The zero-order chi connectivity index (χ0) is 6.27. The first-order valence-electron chi connectivity index (χ1n) is 2.97. The Labute approximate surface area is 57.9 Å². The van der Waals surface area contributed by atoms with E-state index in [9.17, 15) is 4.79 Å². The van der Waals surface area contributed by atoms with Crippen molar-refractivity contribution in [1.29, 1.82) is 0 Å². The van der Waals surface area contributed by atoms with E-state index in [1.54, 1.807) is 17.8 Å². The molecule has 0 aromatic carbocycles. The van der Waals surface area contributed by atoms with Gasteiger partial charge in [0, 0.05) is 24.6 Å². The molecule has 0 unspecified atom stereocenters. The molecule has 0 radical (unpaired) electrons. The van der Waals surface area contributed by atoms with Crippen LogP contribution in [0, 0.1) is 0 Å². The maximum absolute atomic E-state index is 10.9. The summed E-state index contributed by atoms with van der Waals surface area (Å²) < 4.78 is 0. The SMILES string of the molecule is O=C1C=CN2CCS[C@@H]12. The predicted octanol–water partition coefficient (Wildman–Crippen LogP) is 0.458. The molecule has 2 heterocycles. The molecule has 0 N–H and O–H groups in total. The van der Waals surface area contributed by atoms with Gasteiger partial charge in [-0.25, -0.2) is 0 Å². The van der Waals surface area contributed by atoms with Gasteiger partial charge in [-0.2, -0.15) is 0 Å². The van der Waals surface area contributed by atoms with Crippen LogP contribution in [-0.2, 0) is 4.79 Å². The van der Waals surface area contributed by atoms with E-state index in [4.69, 9.17) is 0 Å². The van der Waals surface area contributed by atoms with Crippen molar-refractivity contribution in [2.75, 3.05) is 12.3 Å². The zero-order valence-corrected chi connectivity index (χ0v) is 5.73. The average Bonchev–Trinajstić information content (AvgIpc) is 2.35. The molecule has 1 saturated heterocycles. The number of nitrogens with zero attached hydrogens (tertiary/aromatic N) is 1. The molecule has 48 valence electrons. The Hall–Kier alpha value is -0.440. The van der Waals surface area contributed by atoms with Crippen LogP contribution in [0.25, 0.3) is 0 Å². The molecule has 0 aliphatic carbocycles. The van der Waals surface area contributed by atoms with Gasteiger partial charge >= 0.3 is 0 Å². The summed E-state index contributed by atoms with van der Waals surface area (Å²) in [5.41, 5.74) is 0. The Bertz CT molecular complexity index is 178. The Balaban J connectivity index is 2.24. The number of thioether (sulfide) groups is 1. The minimum atomic E-state index is 0.144. The Morgan fingerprint density at radius 2 is 2.67 bits per heavy atom. The lowest BCUT2D eigenvalue weighted by Gasteiger charge is -2.11. The van der Waals surface area contributed by atoms with E-state index in [1.165, 1.54) is 0 Å². The van der Waals surface area contributed by atoms with Crippen LogP contribution in [-0.4, -0.2) is 28.4 Å². The third kappa shape index (κ3) is 0.678. The summed E-state index contributed by atoms with van der Waals surface area (Å²) in [5, 5.41) is 0.144. The van der Waals surface area contributed by atoms with E-state index in [-0.39, 0.29) is 11.2 Å². The topological polar surface area (TPSA) is 20.3 Å². The summed E-state index contributed by atoms with van der Waals surface area (Å²) in [7, 11) is 0. The molecule has 0 aromatic rings. The van der Waals surface area contributed by atoms with Gasteiger partial charge in [0.25, 0.3) is 0 Å². The number of fused-ring (bicyclic) bond motifs is 1. The molecule has 9 heavy (non-hydrogen) atoms. The lowest BCUT2D eigenvalue weighted by molar-refractivity contribution is -0.114. The maximum Gasteiger partial charge on any atom is 0.189 e. The highest BCUT2D eigenvalue weighted by Gasteiger charge is 2.31. The molecule has 1 atom stereocenters. The normalized spacial score (nSPS) is 31.8. The molecular weight excluding hydrogens is 134 g/mol. The van der Waals surface area contributed by atoms with Gasteiger partial charge in [0.2, 0.25) is 0 Å². The summed E-state index contributed by atoms with van der Waals surface area (Å²) in [5.74, 6) is 1.36. The van der Waals surface area contributed by atoms with Crippen molar-refractivity contribution in [3.8, 4) is 0 Å². The maximum atomic E-state index is 10.9. The van der Waals surface area contributed by atoms with Gasteiger partial charge in [-0.3, -0.25) is 4.79 Å². The number of carbonyl (C=O) groups is 1. The second-order valence-corrected chi connectivity index (χ2v) is 3.37. The van der Waals surface area contributed by atoms with Gasteiger partial charge in [0.1, 0.15) is 5.37 Å². The van der Waals surface area contributed by atoms with Crippen molar-refractivity contribution in [3.05, 3.63) is 12.3 Å². The van der Waals surface area contributed by atoms with Gasteiger partial charge in [-0.15, -0.1) is 11.8 Å². The van der Waals surface area contributed by atoms with Gasteiger partial charge in [0.15, 0.2) is 5.78 Å². The number of carbonyl (C=O) groups excluding carboxylic acids is 1. The predicted molar refractivity (Wildman–Crippen MR) is 37.1 cm³/mol. The number of hydrogen-bond acceptors (Lipinski definition) is 3. The fourth-order valence-electron chi connectivity index (χ4n) is 1.13. The minimum absolute atomic E-state index is 0.144. The second kappa shape index (κ2) is 1.77. The van der Waals surface area contributed by atoms with Crippen molar-refractivity contribution >= 4 is 17.5 Å². The smallest absolute Gasteiger partial charge is 0.189 e. The summed E-state index contributed by atoms with van der Waals surface area (Å²) in [4.78, 5) is 13.0. The first-order valence-corrected chi connectivity index (χ1v) is 4.02. The molecule has 2 aliphatic heterocycles.